The second kappa shape index (κ2) is 6.86. The lowest BCUT2D eigenvalue weighted by Gasteiger charge is -2.06. The molecule has 0 radical (unpaired) electrons. The molecule has 1 aromatic carbocycles. The van der Waals surface area contributed by atoms with Crippen LogP contribution in [-0.4, -0.2) is 34.8 Å². The highest BCUT2D eigenvalue weighted by atomic mass is 16.4. The van der Waals surface area contributed by atoms with Crippen molar-refractivity contribution in [1.82, 2.24) is 28.9 Å². The molecule has 4 rings (SSSR count). The van der Waals surface area contributed by atoms with Crippen molar-refractivity contribution >= 4 is 23.1 Å². The van der Waals surface area contributed by atoms with E-state index in [0.717, 1.165) is 15.7 Å². The predicted octanol–water partition coefficient (Wildman–Crippen LogP) is 0.431. The van der Waals surface area contributed by atoms with Crippen molar-refractivity contribution in [2.75, 3.05) is 5.32 Å². The number of nitrogens with one attached hydrogen (secondary N) is 1. The van der Waals surface area contributed by atoms with Gasteiger partial charge in [0.25, 0.3) is 5.56 Å². The average molecular weight is 395 g/mol. The number of hydrogen-bond acceptors (Lipinski definition) is 7. The van der Waals surface area contributed by atoms with Crippen molar-refractivity contribution in [1.29, 1.82) is 0 Å². The minimum absolute atomic E-state index is 0.0599. The van der Waals surface area contributed by atoms with E-state index in [1.807, 2.05) is 31.2 Å². The zero-order valence-corrected chi connectivity index (χ0v) is 15.9. The Hall–Kier alpha value is -4.02. The van der Waals surface area contributed by atoms with Crippen molar-refractivity contribution in [3.8, 4) is 11.5 Å². The summed E-state index contributed by atoms with van der Waals surface area (Å²) < 4.78 is 9.05. The van der Waals surface area contributed by atoms with Gasteiger partial charge in [0.2, 0.25) is 11.8 Å². The second-order valence-electron chi connectivity index (χ2n) is 6.58. The van der Waals surface area contributed by atoms with Crippen LogP contribution < -0.4 is 16.6 Å². The van der Waals surface area contributed by atoms with Gasteiger partial charge in [0.15, 0.2) is 11.2 Å². The predicted molar refractivity (Wildman–Crippen MR) is 103 cm³/mol. The Morgan fingerprint density at radius 2 is 1.83 bits per heavy atom. The van der Waals surface area contributed by atoms with Crippen molar-refractivity contribution < 1.29 is 9.21 Å². The van der Waals surface area contributed by atoms with E-state index >= 15 is 0 Å². The number of anilines is 1. The van der Waals surface area contributed by atoms with Crippen molar-refractivity contribution in [3.05, 3.63) is 57.0 Å². The van der Waals surface area contributed by atoms with Crippen LogP contribution in [-0.2, 0) is 25.4 Å². The number of nitrogens with zero attached hydrogens (tertiary/aromatic N) is 6. The van der Waals surface area contributed by atoms with Gasteiger partial charge in [0, 0.05) is 19.7 Å². The highest BCUT2D eigenvalue weighted by Gasteiger charge is 2.17. The molecular weight excluding hydrogens is 378 g/mol. The first kappa shape index (κ1) is 18.3. The van der Waals surface area contributed by atoms with Gasteiger partial charge in [-0.3, -0.25) is 24.0 Å². The third-order valence-corrected chi connectivity index (χ3v) is 4.50. The second-order valence-corrected chi connectivity index (χ2v) is 6.58. The fourth-order valence-corrected chi connectivity index (χ4v) is 2.92. The Kier molecular flexibility index (Phi) is 4.34. The summed E-state index contributed by atoms with van der Waals surface area (Å²) in [4.78, 5) is 40.9. The number of fused-ring (bicyclic) bond motifs is 1. The van der Waals surface area contributed by atoms with Crippen LogP contribution in [0.1, 0.15) is 5.56 Å². The summed E-state index contributed by atoms with van der Waals surface area (Å²) in [7, 11) is 2.87. The molecule has 0 aliphatic heterocycles. The first-order valence-electron chi connectivity index (χ1n) is 8.66. The molecule has 0 saturated heterocycles. The summed E-state index contributed by atoms with van der Waals surface area (Å²) in [5.74, 6) is -0.212. The summed E-state index contributed by atoms with van der Waals surface area (Å²) in [6.07, 6.45) is 1.33. The smallest absolute Gasteiger partial charge is 0.332 e. The molecule has 3 aromatic heterocycles. The lowest BCUT2D eigenvalue weighted by molar-refractivity contribution is -0.116. The molecule has 0 spiro atoms. The number of aryl methyl sites for hydroxylation is 2. The molecule has 11 heteroatoms. The quantitative estimate of drug-likeness (QED) is 0.530. The largest absolute Gasteiger partial charge is 0.403 e. The number of imidazole rings is 1. The van der Waals surface area contributed by atoms with E-state index < -0.39 is 17.2 Å². The first-order chi connectivity index (χ1) is 13.8. The molecule has 0 bridgehead atoms. The van der Waals surface area contributed by atoms with Crippen LogP contribution in [0.5, 0.6) is 0 Å². The molecule has 1 amide bonds. The monoisotopic (exact) mass is 395 g/mol. The molecule has 3 heterocycles. The zero-order chi connectivity index (χ0) is 20.7. The molecule has 0 unspecified atom stereocenters. The van der Waals surface area contributed by atoms with E-state index in [-0.39, 0.29) is 29.6 Å². The van der Waals surface area contributed by atoms with Gasteiger partial charge in [-0.15, -0.1) is 5.10 Å². The average Bonchev–Trinajstić information content (AvgIpc) is 3.32. The standard InChI is InChI=1S/C18H17N7O4/c1-10-4-6-11(7-5-10)15-21-22-17(29-15)20-12(26)8-25-9-19-14-13(25)16(27)24(3)18(28)23(14)2/h4-7,9H,8H2,1-3H3,(H,20,22,26). The van der Waals surface area contributed by atoms with Crippen LogP contribution in [0.3, 0.4) is 0 Å². The highest BCUT2D eigenvalue weighted by molar-refractivity contribution is 5.89. The first-order valence-corrected chi connectivity index (χ1v) is 8.66. The van der Waals surface area contributed by atoms with Crippen LogP contribution >= 0.6 is 0 Å². The van der Waals surface area contributed by atoms with Crippen LogP contribution in [0, 0.1) is 6.92 Å². The molecule has 148 valence electrons. The molecule has 0 aliphatic rings. The van der Waals surface area contributed by atoms with Crippen molar-refractivity contribution in [3.63, 3.8) is 0 Å². The molecular formula is C18H17N7O4. The highest BCUT2D eigenvalue weighted by Crippen LogP contribution is 2.20. The van der Waals surface area contributed by atoms with Gasteiger partial charge in [0.05, 0.1) is 6.33 Å². The number of benzene rings is 1. The number of carbonyl (C=O) groups is 1. The van der Waals surface area contributed by atoms with Gasteiger partial charge in [-0.25, -0.2) is 9.78 Å². The van der Waals surface area contributed by atoms with Crippen molar-refractivity contribution in [2.45, 2.75) is 13.5 Å². The molecule has 0 atom stereocenters. The fraction of sp³-hybridized carbons (Fsp3) is 0.222. The van der Waals surface area contributed by atoms with Crippen LogP contribution in [0.2, 0.25) is 0 Å². The van der Waals surface area contributed by atoms with Crippen LogP contribution in [0.4, 0.5) is 6.01 Å². The summed E-state index contributed by atoms with van der Waals surface area (Å²) in [6.45, 7) is 1.75. The number of amides is 1. The van der Waals surface area contributed by atoms with Gasteiger partial charge in [-0.05, 0) is 19.1 Å². The lowest BCUT2D eigenvalue weighted by Crippen LogP contribution is -2.37. The van der Waals surface area contributed by atoms with E-state index in [9.17, 15) is 14.4 Å². The Morgan fingerprint density at radius 3 is 2.55 bits per heavy atom. The maximum absolute atomic E-state index is 12.4. The summed E-state index contributed by atoms with van der Waals surface area (Å²) in [6, 6.07) is 7.44. The minimum Gasteiger partial charge on any atom is -0.403 e. The normalized spacial score (nSPS) is 11.1. The molecule has 0 saturated carbocycles. The van der Waals surface area contributed by atoms with Gasteiger partial charge in [-0.2, -0.15) is 0 Å². The van der Waals surface area contributed by atoms with E-state index in [0.29, 0.717) is 0 Å². The summed E-state index contributed by atoms with van der Waals surface area (Å²) in [5.41, 5.74) is 1.15. The number of rotatable bonds is 4. The maximum atomic E-state index is 12.4. The summed E-state index contributed by atoms with van der Waals surface area (Å²) >= 11 is 0. The third-order valence-electron chi connectivity index (χ3n) is 4.50. The number of aromatic nitrogens is 6. The van der Waals surface area contributed by atoms with Gasteiger partial charge in [0.1, 0.15) is 6.54 Å². The van der Waals surface area contributed by atoms with E-state index in [4.69, 9.17) is 4.42 Å². The van der Waals surface area contributed by atoms with Gasteiger partial charge >= 0.3 is 11.7 Å². The molecule has 4 aromatic rings. The summed E-state index contributed by atoms with van der Waals surface area (Å²) in [5, 5.41) is 10.2. The number of hydrogen-bond donors (Lipinski definition) is 1. The third kappa shape index (κ3) is 3.22. The van der Waals surface area contributed by atoms with E-state index in [2.05, 4.69) is 20.5 Å². The fourth-order valence-electron chi connectivity index (χ4n) is 2.92. The Morgan fingerprint density at radius 1 is 1.10 bits per heavy atom. The van der Waals surface area contributed by atoms with Crippen LogP contribution in [0.25, 0.3) is 22.6 Å². The van der Waals surface area contributed by atoms with Gasteiger partial charge in [-0.1, -0.05) is 22.8 Å². The molecule has 1 N–H and O–H groups in total. The van der Waals surface area contributed by atoms with Crippen LogP contribution in [0.15, 0.2) is 44.6 Å². The lowest BCUT2D eigenvalue weighted by atomic mass is 10.1. The molecule has 29 heavy (non-hydrogen) atoms. The topological polar surface area (TPSA) is 130 Å². The van der Waals surface area contributed by atoms with Crippen molar-refractivity contribution in [2.24, 2.45) is 14.1 Å². The van der Waals surface area contributed by atoms with Gasteiger partial charge < -0.3 is 8.98 Å². The SMILES string of the molecule is Cc1ccc(-c2nnc(NC(=O)Cn3cnc4c3c(=O)n(C)c(=O)n4C)o2)cc1. The molecule has 0 aliphatic carbocycles. The molecule has 0 fully saturated rings. The van der Waals surface area contributed by atoms with E-state index in [1.54, 1.807) is 0 Å². The Balaban J connectivity index is 1.56. The Bertz CT molecular complexity index is 1340. The zero-order valence-electron chi connectivity index (χ0n) is 15.9. The number of carbonyl (C=O) groups excluding carboxylic acids is 1. The van der Waals surface area contributed by atoms with E-state index in [1.165, 1.54) is 29.6 Å². The minimum atomic E-state index is -0.534. The Labute approximate surface area is 163 Å². The molecule has 11 nitrogen and oxygen atoms in total. The maximum Gasteiger partial charge on any atom is 0.332 e.